The van der Waals surface area contributed by atoms with Crippen LogP contribution in [-0.2, 0) is 6.42 Å². The van der Waals surface area contributed by atoms with Crippen molar-refractivity contribution < 1.29 is 9.31 Å². The van der Waals surface area contributed by atoms with Gasteiger partial charge in [-0.05, 0) is 22.0 Å². The van der Waals surface area contributed by atoms with Crippen molar-refractivity contribution in [3.05, 3.63) is 40.1 Å². The zero-order valence-electron chi connectivity index (χ0n) is 8.26. The Hall–Kier alpha value is -2.02. The molecule has 0 spiro atoms. The lowest BCUT2D eigenvalue weighted by Gasteiger charge is -1.96. The highest BCUT2D eigenvalue weighted by Crippen LogP contribution is 2.21. The van der Waals surface area contributed by atoms with Crippen molar-refractivity contribution in [2.24, 2.45) is 5.73 Å². The molecule has 0 radical (unpaired) electrons. The van der Waals surface area contributed by atoms with E-state index in [2.05, 4.69) is 4.98 Å². The number of imidazole rings is 1. The van der Waals surface area contributed by atoms with Crippen LogP contribution in [0.25, 0.3) is 5.52 Å². The van der Waals surface area contributed by atoms with E-state index in [0.717, 1.165) is 4.40 Å². The number of hydrogen-bond donors (Lipinski definition) is 1. The Labute approximate surface area is 89.7 Å². The highest BCUT2D eigenvalue weighted by Gasteiger charge is 2.23. The summed E-state index contributed by atoms with van der Waals surface area (Å²) in [5, 5.41) is 10.7. The molecular weight excluding hydrogens is 215 g/mol. The molecule has 2 aromatic rings. The van der Waals surface area contributed by atoms with Crippen LogP contribution in [0, 0.1) is 16.1 Å². The number of nitrogens with two attached hydrogens (primary N) is 1. The van der Waals surface area contributed by atoms with E-state index in [1.165, 1.54) is 18.2 Å². The van der Waals surface area contributed by atoms with Crippen LogP contribution in [0.15, 0.2) is 18.2 Å². The van der Waals surface area contributed by atoms with Gasteiger partial charge in [0, 0.05) is 13.0 Å². The molecule has 0 saturated carbocycles. The first-order valence-corrected chi connectivity index (χ1v) is 4.65. The Kier molecular flexibility index (Phi) is 2.53. The van der Waals surface area contributed by atoms with Crippen LogP contribution < -0.4 is 5.73 Å². The molecule has 0 atom stereocenters. The number of rotatable bonds is 3. The van der Waals surface area contributed by atoms with Gasteiger partial charge >= 0.3 is 5.82 Å². The second-order valence-electron chi connectivity index (χ2n) is 3.22. The standard InChI is InChI=1S/C9H9FN4O2/c10-7-3-1-2-6-9(14(15)16)12-8(4-5-11)13(6)7/h1-3H,4-5,11H2. The Morgan fingerprint density at radius 1 is 1.56 bits per heavy atom. The summed E-state index contributed by atoms with van der Waals surface area (Å²) in [7, 11) is 0. The molecule has 0 aliphatic carbocycles. The first kappa shape index (κ1) is 10.5. The van der Waals surface area contributed by atoms with Gasteiger partial charge in [0.1, 0.15) is 5.52 Å². The van der Waals surface area contributed by atoms with Gasteiger partial charge in [0.05, 0.1) is 0 Å². The van der Waals surface area contributed by atoms with Crippen molar-refractivity contribution >= 4 is 11.3 Å². The van der Waals surface area contributed by atoms with Gasteiger partial charge in [0.15, 0.2) is 0 Å². The van der Waals surface area contributed by atoms with Crippen molar-refractivity contribution in [1.29, 1.82) is 0 Å². The summed E-state index contributed by atoms with van der Waals surface area (Å²) < 4.78 is 14.6. The maximum absolute atomic E-state index is 13.5. The molecule has 0 saturated heterocycles. The van der Waals surface area contributed by atoms with Crippen LogP contribution in [0.3, 0.4) is 0 Å². The zero-order chi connectivity index (χ0) is 11.7. The van der Waals surface area contributed by atoms with Gasteiger partial charge in [-0.25, -0.2) is 4.40 Å². The third-order valence-corrected chi connectivity index (χ3v) is 2.21. The first-order chi connectivity index (χ1) is 7.65. The van der Waals surface area contributed by atoms with E-state index in [4.69, 9.17) is 5.73 Å². The molecule has 0 bridgehead atoms. The number of halogens is 1. The first-order valence-electron chi connectivity index (χ1n) is 4.65. The van der Waals surface area contributed by atoms with Gasteiger partial charge in [0.25, 0.3) is 0 Å². The van der Waals surface area contributed by atoms with Crippen LogP contribution in [0.1, 0.15) is 5.82 Å². The number of nitrogens with zero attached hydrogens (tertiary/aromatic N) is 3. The molecule has 0 aliphatic rings. The maximum atomic E-state index is 13.5. The Morgan fingerprint density at radius 2 is 2.31 bits per heavy atom. The van der Waals surface area contributed by atoms with Crippen molar-refractivity contribution in [2.45, 2.75) is 6.42 Å². The lowest BCUT2D eigenvalue weighted by atomic mass is 10.4. The summed E-state index contributed by atoms with van der Waals surface area (Å²) in [5.74, 6) is -0.660. The summed E-state index contributed by atoms with van der Waals surface area (Å²) in [6.45, 7) is 0.255. The number of fused-ring (bicyclic) bond motifs is 1. The SMILES string of the molecule is NCCc1nc([N+](=O)[O-])c2cccc(F)n12. The van der Waals surface area contributed by atoms with E-state index in [0.29, 0.717) is 0 Å². The zero-order valence-corrected chi connectivity index (χ0v) is 8.26. The van der Waals surface area contributed by atoms with Gasteiger partial charge in [-0.3, -0.25) is 0 Å². The van der Waals surface area contributed by atoms with E-state index < -0.39 is 10.9 Å². The normalized spacial score (nSPS) is 10.9. The minimum Gasteiger partial charge on any atom is -0.358 e. The molecule has 7 heteroatoms. The Morgan fingerprint density at radius 3 is 2.94 bits per heavy atom. The molecule has 0 aliphatic heterocycles. The molecule has 16 heavy (non-hydrogen) atoms. The number of nitro groups is 1. The summed E-state index contributed by atoms with van der Waals surface area (Å²) in [6, 6.07) is 4.08. The number of hydrogen-bond acceptors (Lipinski definition) is 4. The Bertz CT molecular complexity index is 552. The highest BCUT2D eigenvalue weighted by atomic mass is 19.1. The van der Waals surface area contributed by atoms with Crippen molar-refractivity contribution in [2.75, 3.05) is 6.54 Å². The van der Waals surface area contributed by atoms with Gasteiger partial charge in [0.2, 0.25) is 11.8 Å². The monoisotopic (exact) mass is 224 g/mol. The largest absolute Gasteiger partial charge is 0.389 e. The van der Waals surface area contributed by atoms with Gasteiger partial charge < -0.3 is 15.8 Å². The van der Waals surface area contributed by atoms with Crippen LogP contribution in [0.2, 0.25) is 0 Å². The molecule has 2 rings (SSSR count). The molecular formula is C9H9FN4O2. The maximum Gasteiger partial charge on any atom is 0.389 e. The summed E-state index contributed by atoms with van der Waals surface area (Å²) in [6.07, 6.45) is 0.288. The van der Waals surface area contributed by atoms with Crippen LogP contribution in [-0.4, -0.2) is 20.9 Å². The molecule has 2 heterocycles. The van der Waals surface area contributed by atoms with Gasteiger partial charge in [-0.15, -0.1) is 0 Å². The third-order valence-electron chi connectivity index (χ3n) is 2.21. The van der Waals surface area contributed by atoms with Crippen molar-refractivity contribution in [3.8, 4) is 0 Å². The topological polar surface area (TPSA) is 86.5 Å². The van der Waals surface area contributed by atoms with Crippen molar-refractivity contribution in [1.82, 2.24) is 9.38 Å². The molecule has 0 aromatic carbocycles. The lowest BCUT2D eigenvalue weighted by Crippen LogP contribution is -2.07. The van der Waals surface area contributed by atoms with E-state index in [9.17, 15) is 14.5 Å². The summed E-state index contributed by atoms with van der Waals surface area (Å²) >= 11 is 0. The predicted molar refractivity (Wildman–Crippen MR) is 54.6 cm³/mol. The quantitative estimate of drug-likeness (QED) is 0.476. The molecule has 0 fully saturated rings. The second-order valence-corrected chi connectivity index (χ2v) is 3.22. The van der Waals surface area contributed by atoms with E-state index >= 15 is 0 Å². The summed E-state index contributed by atoms with van der Waals surface area (Å²) in [4.78, 5) is 13.9. The minimum atomic E-state index is -0.630. The fourth-order valence-electron chi connectivity index (χ4n) is 1.58. The Balaban J connectivity index is 2.76. The second kappa shape index (κ2) is 3.86. The van der Waals surface area contributed by atoms with Gasteiger partial charge in [-0.2, -0.15) is 4.39 Å². The highest BCUT2D eigenvalue weighted by molar-refractivity contribution is 5.62. The molecule has 0 amide bonds. The number of pyridine rings is 1. The third kappa shape index (κ3) is 1.50. The molecule has 6 nitrogen and oxygen atoms in total. The van der Waals surface area contributed by atoms with Crippen molar-refractivity contribution in [3.63, 3.8) is 0 Å². The van der Waals surface area contributed by atoms with E-state index in [1.54, 1.807) is 0 Å². The average Bonchev–Trinajstić information content (AvgIpc) is 2.59. The van der Waals surface area contributed by atoms with E-state index in [1.807, 2.05) is 0 Å². The van der Waals surface area contributed by atoms with Gasteiger partial charge in [-0.1, -0.05) is 6.07 Å². The predicted octanol–water partition coefficient (Wildman–Crippen LogP) is 0.883. The fourth-order valence-corrected chi connectivity index (χ4v) is 1.58. The van der Waals surface area contributed by atoms with E-state index in [-0.39, 0.29) is 30.1 Å². The van der Waals surface area contributed by atoms with Crippen LogP contribution in [0.4, 0.5) is 10.2 Å². The van der Waals surface area contributed by atoms with Crippen LogP contribution >= 0.6 is 0 Å². The molecule has 2 N–H and O–H groups in total. The van der Waals surface area contributed by atoms with Crippen LogP contribution in [0.5, 0.6) is 0 Å². The molecule has 0 unspecified atom stereocenters. The number of aromatic nitrogens is 2. The smallest absolute Gasteiger partial charge is 0.358 e. The lowest BCUT2D eigenvalue weighted by molar-refractivity contribution is -0.387. The molecule has 84 valence electrons. The average molecular weight is 224 g/mol. The minimum absolute atomic E-state index is 0.147. The molecule has 2 aromatic heterocycles. The fraction of sp³-hybridized carbons (Fsp3) is 0.222. The summed E-state index contributed by atoms with van der Waals surface area (Å²) in [5.41, 5.74) is 5.49.